The van der Waals surface area contributed by atoms with Crippen LogP contribution in [0.5, 0.6) is 6.01 Å². The minimum absolute atomic E-state index is 0.0745. The zero-order chi connectivity index (χ0) is 9.97. The highest BCUT2D eigenvalue weighted by atomic mass is 35.5. The van der Waals surface area contributed by atoms with Gasteiger partial charge in [0.25, 0.3) is 0 Å². The number of hydrogen-bond acceptors (Lipinski definition) is 5. The van der Waals surface area contributed by atoms with Crippen LogP contribution in [0.1, 0.15) is 25.7 Å². The molecule has 0 aliphatic heterocycles. The van der Waals surface area contributed by atoms with E-state index in [2.05, 4.69) is 15.0 Å². The average Bonchev–Trinajstić information content (AvgIpc) is 2.54. The van der Waals surface area contributed by atoms with E-state index < -0.39 is 0 Å². The molecule has 5 nitrogen and oxygen atoms in total. The Labute approximate surface area is 86.7 Å². The Kier molecular flexibility index (Phi) is 2.67. The number of nitrogen functional groups attached to an aromatic ring is 1. The van der Waals surface area contributed by atoms with Crippen LogP contribution in [0.15, 0.2) is 0 Å². The summed E-state index contributed by atoms with van der Waals surface area (Å²) in [5, 5.41) is 0.0745. The van der Waals surface area contributed by atoms with Crippen molar-refractivity contribution in [3.63, 3.8) is 0 Å². The van der Waals surface area contributed by atoms with Crippen LogP contribution in [-0.4, -0.2) is 21.1 Å². The van der Waals surface area contributed by atoms with Crippen molar-refractivity contribution in [3.8, 4) is 6.01 Å². The summed E-state index contributed by atoms with van der Waals surface area (Å²) in [6.07, 6.45) is 4.68. The van der Waals surface area contributed by atoms with Gasteiger partial charge in [-0.05, 0) is 37.3 Å². The molecular formula is C8H11ClN4O. The number of ether oxygens (including phenoxy) is 1. The van der Waals surface area contributed by atoms with Crippen LogP contribution >= 0.6 is 11.6 Å². The van der Waals surface area contributed by atoms with Gasteiger partial charge in [-0.2, -0.15) is 15.0 Å². The van der Waals surface area contributed by atoms with Crippen LogP contribution in [0, 0.1) is 0 Å². The van der Waals surface area contributed by atoms with Gasteiger partial charge in [-0.25, -0.2) is 0 Å². The second-order valence-electron chi connectivity index (χ2n) is 3.27. The number of rotatable bonds is 2. The summed E-state index contributed by atoms with van der Waals surface area (Å²) in [5.41, 5.74) is 5.41. The minimum atomic E-state index is 0.0745. The predicted octanol–water partition coefficient (Wildman–Crippen LogP) is 1.43. The molecule has 0 saturated heterocycles. The molecular weight excluding hydrogens is 204 g/mol. The Morgan fingerprint density at radius 2 is 1.93 bits per heavy atom. The highest BCUT2D eigenvalue weighted by Gasteiger charge is 2.18. The minimum Gasteiger partial charge on any atom is -0.460 e. The van der Waals surface area contributed by atoms with E-state index >= 15 is 0 Å². The van der Waals surface area contributed by atoms with Crippen molar-refractivity contribution < 1.29 is 4.74 Å². The molecule has 0 unspecified atom stereocenters. The van der Waals surface area contributed by atoms with Gasteiger partial charge < -0.3 is 10.5 Å². The van der Waals surface area contributed by atoms with Gasteiger partial charge in [-0.15, -0.1) is 0 Å². The van der Waals surface area contributed by atoms with E-state index in [1.165, 1.54) is 12.8 Å². The maximum absolute atomic E-state index is 5.61. The third kappa shape index (κ3) is 2.23. The van der Waals surface area contributed by atoms with E-state index in [-0.39, 0.29) is 23.3 Å². The Morgan fingerprint density at radius 1 is 1.21 bits per heavy atom. The summed E-state index contributed by atoms with van der Waals surface area (Å²) >= 11 is 5.61. The van der Waals surface area contributed by atoms with E-state index in [0.717, 1.165) is 12.8 Å². The molecule has 14 heavy (non-hydrogen) atoms. The number of halogens is 1. The summed E-state index contributed by atoms with van der Waals surface area (Å²) < 4.78 is 5.51. The SMILES string of the molecule is Nc1nc(Cl)nc(OC2CCCC2)n1. The predicted molar refractivity (Wildman–Crippen MR) is 52.1 cm³/mol. The summed E-state index contributed by atoms with van der Waals surface area (Å²) in [7, 11) is 0. The molecule has 2 rings (SSSR count). The third-order valence-electron chi connectivity index (χ3n) is 2.18. The largest absolute Gasteiger partial charge is 0.460 e. The second kappa shape index (κ2) is 3.96. The van der Waals surface area contributed by atoms with Crippen LogP contribution in [-0.2, 0) is 0 Å². The lowest BCUT2D eigenvalue weighted by atomic mass is 10.3. The Bertz CT molecular complexity index is 307. The maximum atomic E-state index is 5.61. The standard InChI is InChI=1S/C8H11ClN4O/c9-6-11-7(10)13-8(12-6)14-5-3-1-2-4-5/h5H,1-4H2,(H2,10,11,12,13). The number of nitrogens with two attached hydrogens (primary N) is 1. The highest BCUT2D eigenvalue weighted by molar-refractivity contribution is 6.28. The zero-order valence-electron chi connectivity index (χ0n) is 7.61. The van der Waals surface area contributed by atoms with Gasteiger partial charge in [0.2, 0.25) is 11.2 Å². The van der Waals surface area contributed by atoms with E-state index in [4.69, 9.17) is 22.1 Å². The normalized spacial score (nSPS) is 17.2. The first-order chi connectivity index (χ1) is 6.74. The Balaban J connectivity index is 2.07. The molecule has 1 aliphatic rings. The molecule has 0 radical (unpaired) electrons. The Morgan fingerprint density at radius 3 is 2.57 bits per heavy atom. The molecule has 0 amide bonds. The van der Waals surface area contributed by atoms with E-state index in [0.29, 0.717) is 0 Å². The number of nitrogens with zero attached hydrogens (tertiary/aromatic N) is 3. The van der Waals surface area contributed by atoms with Crippen molar-refractivity contribution in [1.82, 2.24) is 15.0 Å². The smallest absolute Gasteiger partial charge is 0.322 e. The van der Waals surface area contributed by atoms with Gasteiger partial charge in [0.1, 0.15) is 6.10 Å². The molecule has 1 heterocycles. The fourth-order valence-electron chi connectivity index (χ4n) is 1.55. The fourth-order valence-corrected chi connectivity index (χ4v) is 1.71. The third-order valence-corrected chi connectivity index (χ3v) is 2.35. The second-order valence-corrected chi connectivity index (χ2v) is 3.61. The first kappa shape index (κ1) is 9.45. The maximum Gasteiger partial charge on any atom is 0.322 e. The van der Waals surface area contributed by atoms with Crippen molar-refractivity contribution in [2.75, 3.05) is 5.73 Å². The molecule has 1 saturated carbocycles. The number of anilines is 1. The van der Waals surface area contributed by atoms with E-state index in [1.54, 1.807) is 0 Å². The number of aromatic nitrogens is 3. The average molecular weight is 215 g/mol. The highest BCUT2D eigenvalue weighted by Crippen LogP contribution is 2.22. The summed E-state index contributed by atoms with van der Waals surface area (Å²) in [5.74, 6) is 0.0954. The monoisotopic (exact) mass is 214 g/mol. The summed E-state index contributed by atoms with van der Waals surface area (Å²) in [6.45, 7) is 0. The quantitative estimate of drug-likeness (QED) is 0.806. The summed E-state index contributed by atoms with van der Waals surface area (Å²) in [4.78, 5) is 11.3. The van der Waals surface area contributed by atoms with Crippen LogP contribution in [0.3, 0.4) is 0 Å². The van der Waals surface area contributed by atoms with Crippen molar-refractivity contribution in [3.05, 3.63) is 5.28 Å². The lowest BCUT2D eigenvalue weighted by Gasteiger charge is -2.10. The lowest BCUT2D eigenvalue weighted by Crippen LogP contribution is -2.14. The molecule has 76 valence electrons. The van der Waals surface area contributed by atoms with Crippen LogP contribution in [0.2, 0.25) is 5.28 Å². The van der Waals surface area contributed by atoms with Crippen LogP contribution in [0.4, 0.5) is 5.95 Å². The molecule has 1 aliphatic carbocycles. The van der Waals surface area contributed by atoms with Crippen molar-refractivity contribution in [2.45, 2.75) is 31.8 Å². The summed E-state index contributed by atoms with van der Waals surface area (Å²) in [6, 6.07) is 0.231. The van der Waals surface area contributed by atoms with Crippen LogP contribution < -0.4 is 10.5 Å². The van der Waals surface area contributed by atoms with Crippen molar-refractivity contribution in [2.24, 2.45) is 0 Å². The van der Waals surface area contributed by atoms with Gasteiger partial charge in [0.15, 0.2) is 0 Å². The van der Waals surface area contributed by atoms with Gasteiger partial charge in [-0.3, -0.25) is 0 Å². The van der Waals surface area contributed by atoms with Gasteiger partial charge in [-0.1, -0.05) is 0 Å². The van der Waals surface area contributed by atoms with Crippen molar-refractivity contribution >= 4 is 17.5 Å². The molecule has 0 spiro atoms. The lowest BCUT2D eigenvalue weighted by molar-refractivity contribution is 0.192. The molecule has 1 aromatic rings. The molecule has 1 aromatic heterocycles. The molecule has 0 bridgehead atoms. The van der Waals surface area contributed by atoms with Gasteiger partial charge in [0.05, 0.1) is 0 Å². The zero-order valence-corrected chi connectivity index (χ0v) is 8.37. The fraction of sp³-hybridized carbons (Fsp3) is 0.625. The van der Waals surface area contributed by atoms with E-state index in [1.807, 2.05) is 0 Å². The number of hydrogen-bond donors (Lipinski definition) is 1. The molecule has 2 N–H and O–H groups in total. The Hall–Kier alpha value is -1.10. The van der Waals surface area contributed by atoms with Crippen molar-refractivity contribution in [1.29, 1.82) is 0 Å². The molecule has 0 aromatic carbocycles. The molecule has 0 atom stereocenters. The van der Waals surface area contributed by atoms with Gasteiger partial charge in [0, 0.05) is 0 Å². The first-order valence-corrected chi connectivity index (χ1v) is 4.95. The molecule has 1 fully saturated rings. The molecule has 6 heteroatoms. The van der Waals surface area contributed by atoms with E-state index in [9.17, 15) is 0 Å². The van der Waals surface area contributed by atoms with Crippen LogP contribution in [0.25, 0.3) is 0 Å². The topological polar surface area (TPSA) is 73.9 Å². The van der Waals surface area contributed by atoms with Gasteiger partial charge >= 0.3 is 6.01 Å². The first-order valence-electron chi connectivity index (χ1n) is 4.58.